The molecule has 2 heterocycles. The second-order valence-electron chi connectivity index (χ2n) is 6.75. The molecule has 1 aromatic carbocycles. The first-order chi connectivity index (χ1) is 14.3. The molecule has 2 aliphatic heterocycles. The number of nitrogens with zero attached hydrogens (tertiary/aromatic N) is 3. The smallest absolute Gasteiger partial charge is 0.231 e. The van der Waals surface area contributed by atoms with Crippen LogP contribution in [0.4, 0.5) is 5.69 Å². The fourth-order valence-corrected chi connectivity index (χ4v) is 4.30. The maximum absolute atomic E-state index is 10.8. The van der Waals surface area contributed by atoms with Gasteiger partial charge in [-0.3, -0.25) is 9.98 Å². The SMILES string of the molecule is C=C(CCCCS(=O)O)C1=NCN=C(N)C1N=C(C)Sc1cc2c(cc1N)OCO2. The molecule has 3 rings (SSSR count). The van der Waals surface area contributed by atoms with E-state index in [4.69, 9.17) is 30.5 Å². The van der Waals surface area contributed by atoms with Crippen molar-refractivity contribution in [3.8, 4) is 11.5 Å². The first-order valence-corrected chi connectivity index (χ1v) is 11.5. The number of rotatable bonds is 8. The highest BCUT2D eigenvalue weighted by Crippen LogP contribution is 2.40. The lowest BCUT2D eigenvalue weighted by atomic mass is 9.98. The van der Waals surface area contributed by atoms with Crippen LogP contribution in [0.5, 0.6) is 11.5 Å². The standard InChI is InChI=1S/C19H25N5O4S2/c1-11(5-3-4-6-30(25)26)17-18(19(21)23-9-22-17)24-12(2)29-16-8-15-14(7-13(16)20)27-10-28-15/h7-8,18H,1,3-6,9-10,20H2,2H3,(H2,21,23)(H,25,26). The highest BCUT2D eigenvalue weighted by Gasteiger charge is 2.25. The van der Waals surface area contributed by atoms with Gasteiger partial charge in [0.2, 0.25) is 6.79 Å². The molecule has 0 aliphatic carbocycles. The molecule has 0 fully saturated rings. The van der Waals surface area contributed by atoms with E-state index < -0.39 is 17.1 Å². The van der Waals surface area contributed by atoms with Crippen molar-refractivity contribution in [1.29, 1.82) is 0 Å². The molecule has 0 spiro atoms. The molecule has 0 saturated carbocycles. The summed E-state index contributed by atoms with van der Waals surface area (Å²) in [6.07, 6.45) is 2.01. The van der Waals surface area contributed by atoms with Gasteiger partial charge in [-0.15, -0.1) is 0 Å². The molecular formula is C19H25N5O4S2. The number of thioether (sulfide) groups is 1. The van der Waals surface area contributed by atoms with E-state index in [1.165, 1.54) is 11.8 Å². The highest BCUT2D eigenvalue weighted by atomic mass is 32.2. The molecule has 2 aliphatic rings. The number of hydrogen-bond donors (Lipinski definition) is 3. The number of hydrogen-bond acceptors (Lipinski definition) is 9. The summed E-state index contributed by atoms with van der Waals surface area (Å²) >= 11 is -0.375. The third kappa shape index (κ3) is 5.61. The molecule has 0 radical (unpaired) electrons. The van der Waals surface area contributed by atoms with E-state index in [9.17, 15) is 4.21 Å². The zero-order valence-electron chi connectivity index (χ0n) is 16.7. The first kappa shape index (κ1) is 22.3. The van der Waals surface area contributed by atoms with Crippen LogP contribution in [0.2, 0.25) is 0 Å². The quantitative estimate of drug-likeness (QED) is 0.137. The zero-order valence-corrected chi connectivity index (χ0v) is 18.3. The van der Waals surface area contributed by atoms with Crippen molar-refractivity contribution in [2.45, 2.75) is 37.1 Å². The minimum absolute atomic E-state index is 0.182. The van der Waals surface area contributed by atoms with E-state index in [0.29, 0.717) is 41.6 Å². The van der Waals surface area contributed by atoms with E-state index in [0.717, 1.165) is 21.9 Å². The molecule has 2 atom stereocenters. The van der Waals surface area contributed by atoms with Gasteiger partial charge < -0.3 is 25.5 Å². The lowest BCUT2D eigenvalue weighted by molar-refractivity contribution is 0.174. The van der Waals surface area contributed by atoms with Crippen molar-refractivity contribution in [3.05, 3.63) is 24.3 Å². The van der Waals surface area contributed by atoms with Crippen LogP contribution in [0, 0.1) is 0 Å². The lowest BCUT2D eigenvalue weighted by Crippen LogP contribution is -2.38. The van der Waals surface area contributed by atoms with E-state index in [2.05, 4.69) is 16.6 Å². The average molecular weight is 452 g/mol. The summed E-state index contributed by atoms with van der Waals surface area (Å²) in [7, 11) is 0. The van der Waals surface area contributed by atoms with Gasteiger partial charge in [0.05, 0.1) is 10.8 Å². The van der Waals surface area contributed by atoms with Crippen molar-refractivity contribution in [3.63, 3.8) is 0 Å². The fourth-order valence-electron chi connectivity index (χ4n) is 3.03. The molecule has 30 heavy (non-hydrogen) atoms. The van der Waals surface area contributed by atoms with E-state index >= 15 is 0 Å². The molecular weight excluding hydrogens is 426 g/mol. The first-order valence-electron chi connectivity index (χ1n) is 9.36. The second-order valence-corrected chi connectivity index (χ2v) is 9.04. The fraction of sp³-hybridized carbons (Fsp3) is 0.421. The van der Waals surface area contributed by atoms with Crippen molar-refractivity contribution in [1.82, 2.24) is 0 Å². The normalized spacial score (nSPS) is 19.3. The van der Waals surface area contributed by atoms with E-state index in [1.807, 2.05) is 13.0 Å². The van der Waals surface area contributed by atoms with Crippen LogP contribution >= 0.6 is 11.8 Å². The van der Waals surface area contributed by atoms with Crippen LogP contribution in [0.25, 0.3) is 0 Å². The largest absolute Gasteiger partial charge is 0.454 e. The number of nitrogen functional groups attached to an aromatic ring is 1. The zero-order chi connectivity index (χ0) is 21.7. The molecule has 162 valence electrons. The lowest BCUT2D eigenvalue weighted by Gasteiger charge is -2.21. The molecule has 0 saturated heterocycles. The number of fused-ring (bicyclic) bond motifs is 1. The summed E-state index contributed by atoms with van der Waals surface area (Å²) in [4.78, 5) is 14.2. The summed E-state index contributed by atoms with van der Waals surface area (Å²) in [5, 5.41) is 0.738. The Morgan fingerprint density at radius 3 is 2.80 bits per heavy atom. The summed E-state index contributed by atoms with van der Waals surface area (Å²) in [6.45, 7) is 6.41. The van der Waals surface area contributed by atoms with Gasteiger partial charge in [-0.1, -0.05) is 18.3 Å². The molecule has 0 aromatic heterocycles. The molecule has 1 aromatic rings. The van der Waals surface area contributed by atoms with Crippen molar-refractivity contribution < 1.29 is 18.2 Å². The Balaban J connectivity index is 1.70. The molecule has 5 N–H and O–H groups in total. The minimum Gasteiger partial charge on any atom is -0.454 e. The molecule has 0 amide bonds. The third-order valence-corrected chi connectivity index (χ3v) is 6.13. The predicted octanol–water partition coefficient (Wildman–Crippen LogP) is 2.59. The van der Waals surface area contributed by atoms with Gasteiger partial charge in [0.1, 0.15) is 18.5 Å². The number of ether oxygens (including phenoxy) is 2. The van der Waals surface area contributed by atoms with E-state index in [-0.39, 0.29) is 19.2 Å². The Kier molecular flexibility index (Phi) is 7.51. The summed E-state index contributed by atoms with van der Waals surface area (Å²) in [5.74, 6) is 1.91. The number of amidine groups is 1. The van der Waals surface area contributed by atoms with Gasteiger partial charge in [-0.2, -0.15) is 0 Å². The Bertz CT molecular complexity index is 945. The average Bonchev–Trinajstić information content (AvgIpc) is 3.13. The number of unbranched alkanes of at least 4 members (excludes halogenated alkanes) is 1. The van der Waals surface area contributed by atoms with Gasteiger partial charge >= 0.3 is 0 Å². The van der Waals surface area contributed by atoms with Crippen molar-refractivity contribution >= 4 is 45.1 Å². The summed E-state index contributed by atoms with van der Waals surface area (Å²) < 4.78 is 30.4. The molecule has 0 bridgehead atoms. The van der Waals surface area contributed by atoms with E-state index in [1.54, 1.807) is 6.07 Å². The van der Waals surface area contributed by atoms with Crippen LogP contribution in [0.15, 0.2) is 44.2 Å². The van der Waals surface area contributed by atoms with Gasteiger partial charge in [0.25, 0.3) is 0 Å². The Morgan fingerprint density at radius 1 is 1.33 bits per heavy atom. The Morgan fingerprint density at radius 2 is 2.07 bits per heavy atom. The Hall–Kier alpha value is -2.37. The number of nitrogens with two attached hydrogens (primary N) is 2. The molecule has 9 nitrogen and oxygen atoms in total. The van der Waals surface area contributed by atoms with Crippen LogP contribution in [-0.4, -0.2) is 50.6 Å². The second kappa shape index (κ2) is 10.1. The van der Waals surface area contributed by atoms with Gasteiger partial charge in [-0.25, -0.2) is 9.20 Å². The summed E-state index contributed by atoms with van der Waals surface area (Å²) in [5.41, 5.74) is 14.3. The van der Waals surface area contributed by atoms with Crippen molar-refractivity contribution in [2.24, 2.45) is 20.7 Å². The number of aliphatic imine (C=N–C) groups is 3. The Labute approximate surface area is 182 Å². The molecule has 11 heteroatoms. The maximum Gasteiger partial charge on any atom is 0.231 e. The van der Waals surface area contributed by atoms with Crippen molar-refractivity contribution in [2.75, 3.05) is 24.9 Å². The number of benzene rings is 1. The van der Waals surface area contributed by atoms with Crippen LogP contribution < -0.4 is 20.9 Å². The van der Waals surface area contributed by atoms with Gasteiger partial charge in [0.15, 0.2) is 22.6 Å². The van der Waals surface area contributed by atoms with Crippen LogP contribution in [-0.2, 0) is 11.1 Å². The predicted molar refractivity (Wildman–Crippen MR) is 122 cm³/mol. The maximum atomic E-state index is 10.8. The van der Waals surface area contributed by atoms with Crippen LogP contribution in [0.1, 0.15) is 26.2 Å². The minimum atomic E-state index is -1.78. The third-order valence-electron chi connectivity index (χ3n) is 4.52. The van der Waals surface area contributed by atoms with Gasteiger partial charge in [-0.05, 0) is 31.8 Å². The molecule has 2 unspecified atom stereocenters. The number of anilines is 1. The topological polar surface area (TPSA) is 145 Å². The van der Waals surface area contributed by atoms with Crippen LogP contribution in [0.3, 0.4) is 0 Å². The highest BCUT2D eigenvalue weighted by molar-refractivity contribution is 8.14. The van der Waals surface area contributed by atoms with Gasteiger partial charge in [0, 0.05) is 28.5 Å². The monoisotopic (exact) mass is 451 g/mol. The summed E-state index contributed by atoms with van der Waals surface area (Å²) in [6, 6.07) is 3.06.